The zero-order chi connectivity index (χ0) is 18.9. The molecular weight excluding hydrogens is 337 g/mol. The van der Waals surface area contributed by atoms with Crippen molar-refractivity contribution < 1.29 is 18.7 Å². The predicted octanol–water partition coefficient (Wildman–Crippen LogP) is 2.52. The summed E-state index contributed by atoms with van der Waals surface area (Å²) in [5.74, 6) is -0.361. The third-order valence-electron chi connectivity index (χ3n) is 4.82. The van der Waals surface area contributed by atoms with Crippen molar-refractivity contribution in [2.75, 3.05) is 19.6 Å². The van der Waals surface area contributed by atoms with Gasteiger partial charge in [0.15, 0.2) is 5.54 Å². The molecule has 6 nitrogen and oxygen atoms in total. The van der Waals surface area contributed by atoms with Gasteiger partial charge in [0, 0.05) is 18.5 Å². The summed E-state index contributed by atoms with van der Waals surface area (Å²) < 4.78 is 19.8. The van der Waals surface area contributed by atoms with Gasteiger partial charge in [-0.3, -0.25) is 9.69 Å². The molecule has 1 saturated heterocycles. The summed E-state index contributed by atoms with van der Waals surface area (Å²) in [5.41, 5.74) is -1.54. The van der Waals surface area contributed by atoms with Gasteiger partial charge in [0.25, 0.3) is 5.91 Å². The van der Waals surface area contributed by atoms with Crippen LogP contribution in [0, 0.1) is 5.82 Å². The summed E-state index contributed by atoms with van der Waals surface area (Å²) in [7, 11) is 0. The molecule has 2 aliphatic heterocycles. The fraction of sp³-hybridized carbons (Fsp3) is 0.579. The molecule has 1 spiro atoms. The van der Waals surface area contributed by atoms with Gasteiger partial charge >= 0.3 is 6.03 Å². The van der Waals surface area contributed by atoms with E-state index in [1.165, 1.54) is 23.1 Å². The van der Waals surface area contributed by atoms with Crippen LogP contribution < -0.4 is 15.4 Å². The van der Waals surface area contributed by atoms with Gasteiger partial charge in [-0.1, -0.05) is 6.92 Å². The smallest absolute Gasteiger partial charge is 0.325 e. The van der Waals surface area contributed by atoms with E-state index >= 15 is 0 Å². The molecule has 2 heterocycles. The lowest BCUT2D eigenvalue weighted by atomic mass is 9.77. The van der Waals surface area contributed by atoms with E-state index in [1.807, 2.05) is 13.8 Å². The molecule has 3 rings (SSSR count). The lowest BCUT2D eigenvalue weighted by Gasteiger charge is -2.42. The van der Waals surface area contributed by atoms with E-state index in [-0.39, 0.29) is 12.3 Å². The number of hydrogen-bond donors (Lipinski definition) is 2. The second kappa shape index (κ2) is 6.87. The van der Waals surface area contributed by atoms with Crippen molar-refractivity contribution in [3.05, 3.63) is 29.6 Å². The molecule has 2 aliphatic rings. The normalized spacial score (nSPS) is 23.8. The van der Waals surface area contributed by atoms with Crippen LogP contribution in [0.5, 0.6) is 5.75 Å². The van der Waals surface area contributed by atoms with Crippen LogP contribution in [-0.2, 0) is 10.3 Å². The van der Waals surface area contributed by atoms with E-state index in [9.17, 15) is 14.0 Å². The quantitative estimate of drug-likeness (QED) is 0.602. The van der Waals surface area contributed by atoms with E-state index < -0.39 is 23.0 Å². The van der Waals surface area contributed by atoms with E-state index in [4.69, 9.17) is 4.74 Å². The number of nitrogens with zero attached hydrogens (tertiary/aromatic N) is 1. The molecule has 26 heavy (non-hydrogen) atoms. The second-order valence-electron chi connectivity index (χ2n) is 7.57. The monoisotopic (exact) mass is 363 g/mol. The zero-order valence-corrected chi connectivity index (χ0v) is 15.5. The first-order valence-electron chi connectivity index (χ1n) is 9.13. The Kier molecular flexibility index (Phi) is 4.92. The average Bonchev–Trinajstić information content (AvgIpc) is 2.79. The van der Waals surface area contributed by atoms with Crippen molar-refractivity contribution >= 4 is 11.9 Å². The number of fused-ring (bicyclic) bond motifs is 2. The number of urea groups is 1. The van der Waals surface area contributed by atoms with Crippen molar-refractivity contribution in [2.24, 2.45) is 0 Å². The average molecular weight is 363 g/mol. The molecule has 0 aliphatic carbocycles. The number of rotatable bonds is 6. The summed E-state index contributed by atoms with van der Waals surface area (Å²) in [4.78, 5) is 27.0. The minimum atomic E-state index is -1.27. The highest BCUT2D eigenvalue weighted by atomic mass is 19.1. The van der Waals surface area contributed by atoms with Gasteiger partial charge in [-0.05, 0) is 58.0 Å². The van der Waals surface area contributed by atoms with Gasteiger partial charge in [-0.15, -0.1) is 0 Å². The Morgan fingerprint density at radius 1 is 1.31 bits per heavy atom. The van der Waals surface area contributed by atoms with Crippen molar-refractivity contribution in [2.45, 2.75) is 51.2 Å². The van der Waals surface area contributed by atoms with Crippen molar-refractivity contribution in [1.82, 2.24) is 15.5 Å². The Morgan fingerprint density at radius 2 is 2.08 bits per heavy atom. The number of carbonyl (C=O) groups excluding carboxylic acids is 2. The SMILES string of the molecule is CCCNCCCN1C(=O)NC2(CC(C)(C)Oc3ccc(F)cc32)C1=O. The summed E-state index contributed by atoms with van der Waals surface area (Å²) in [5, 5.41) is 6.09. The van der Waals surface area contributed by atoms with Crippen LogP contribution in [0.2, 0.25) is 0 Å². The number of carbonyl (C=O) groups is 2. The first kappa shape index (κ1) is 18.6. The molecule has 0 aromatic heterocycles. The molecule has 1 aromatic carbocycles. The molecular formula is C19H26FN3O3. The Labute approximate surface area is 153 Å². The highest BCUT2D eigenvalue weighted by Gasteiger charge is 2.58. The van der Waals surface area contributed by atoms with E-state index in [1.54, 1.807) is 0 Å². The molecule has 3 amide bonds. The van der Waals surface area contributed by atoms with Gasteiger partial charge in [-0.2, -0.15) is 0 Å². The fourth-order valence-corrected chi connectivity index (χ4v) is 3.79. The van der Waals surface area contributed by atoms with E-state index in [2.05, 4.69) is 17.6 Å². The van der Waals surface area contributed by atoms with E-state index in [0.717, 1.165) is 19.5 Å². The first-order chi connectivity index (χ1) is 12.3. The number of ether oxygens (including phenoxy) is 1. The third kappa shape index (κ3) is 3.28. The Balaban J connectivity index is 1.87. The van der Waals surface area contributed by atoms with Gasteiger partial charge in [-0.25, -0.2) is 9.18 Å². The molecule has 142 valence electrons. The molecule has 0 saturated carbocycles. The van der Waals surface area contributed by atoms with Crippen LogP contribution in [0.15, 0.2) is 18.2 Å². The molecule has 2 N–H and O–H groups in total. The molecule has 7 heteroatoms. The van der Waals surface area contributed by atoms with Crippen LogP contribution in [-0.4, -0.2) is 42.1 Å². The second-order valence-corrected chi connectivity index (χ2v) is 7.57. The summed E-state index contributed by atoms with van der Waals surface area (Å²) in [6.45, 7) is 7.77. The number of halogens is 1. The van der Waals surface area contributed by atoms with Crippen LogP contribution in [0.4, 0.5) is 9.18 Å². The van der Waals surface area contributed by atoms with Gasteiger partial charge in [0.2, 0.25) is 0 Å². The Bertz CT molecular complexity index is 722. The minimum Gasteiger partial charge on any atom is -0.487 e. The Hall–Kier alpha value is -2.15. The van der Waals surface area contributed by atoms with Crippen LogP contribution in [0.3, 0.4) is 0 Å². The lowest BCUT2D eigenvalue weighted by Crippen LogP contribution is -2.53. The highest BCUT2D eigenvalue weighted by molar-refractivity contribution is 6.08. The molecule has 0 bridgehead atoms. The largest absolute Gasteiger partial charge is 0.487 e. The Morgan fingerprint density at radius 3 is 2.81 bits per heavy atom. The predicted molar refractivity (Wildman–Crippen MR) is 95.4 cm³/mol. The molecule has 0 radical (unpaired) electrons. The summed E-state index contributed by atoms with van der Waals surface area (Å²) in [6.07, 6.45) is 1.96. The fourth-order valence-electron chi connectivity index (χ4n) is 3.79. The standard InChI is InChI=1S/C19H26FN3O3/c1-4-8-21-9-5-10-23-16(24)19(22-17(23)25)12-18(2,3)26-15-7-6-13(20)11-14(15)19/h6-7,11,21H,4-5,8-10,12H2,1-3H3,(H,22,25). The van der Waals surface area contributed by atoms with Gasteiger partial charge in [0.1, 0.15) is 17.2 Å². The molecule has 1 aromatic rings. The number of hydrogen-bond acceptors (Lipinski definition) is 4. The maximum absolute atomic E-state index is 13.9. The highest BCUT2D eigenvalue weighted by Crippen LogP contribution is 2.46. The topological polar surface area (TPSA) is 70.7 Å². The summed E-state index contributed by atoms with van der Waals surface area (Å²) >= 11 is 0. The number of nitrogens with one attached hydrogen (secondary N) is 2. The third-order valence-corrected chi connectivity index (χ3v) is 4.82. The number of benzene rings is 1. The van der Waals surface area contributed by atoms with Gasteiger partial charge in [0.05, 0.1) is 0 Å². The number of amides is 3. The van der Waals surface area contributed by atoms with Crippen LogP contribution >= 0.6 is 0 Å². The van der Waals surface area contributed by atoms with Crippen molar-refractivity contribution in [3.8, 4) is 5.75 Å². The maximum Gasteiger partial charge on any atom is 0.325 e. The van der Waals surface area contributed by atoms with Crippen LogP contribution in [0.1, 0.15) is 45.6 Å². The van der Waals surface area contributed by atoms with Crippen molar-refractivity contribution in [1.29, 1.82) is 0 Å². The lowest BCUT2D eigenvalue weighted by molar-refractivity contribution is -0.134. The molecule has 1 fully saturated rings. The number of imide groups is 1. The van der Waals surface area contributed by atoms with E-state index in [0.29, 0.717) is 24.3 Å². The van der Waals surface area contributed by atoms with Crippen LogP contribution in [0.25, 0.3) is 0 Å². The van der Waals surface area contributed by atoms with Crippen molar-refractivity contribution in [3.63, 3.8) is 0 Å². The minimum absolute atomic E-state index is 0.256. The zero-order valence-electron chi connectivity index (χ0n) is 15.5. The molecule has 1 unspecified atom stereocenters. The van der Waals surface area contributed by atoms with Gasteiger partial charge < -0.3 is 15.4 Å². The first-order valence-corrected chi connectivity index (χ1v) is 9.13. The maximum atomic E-state index is 13.9. The molecule has 1 atom stereocenters. The summed E-state index contributed by atoms with van der Waals surface area (Å²) in [6, 6.07) is 3.67.